The van der Waals surface area contributed by atoms with E-state index in [0.717, 1.165) is 12.2 Å². The van der Waals surface area contributed by atoms with Crippen LogP contribution in [0.25, 0.3) is 0 Å². The second-order valence-electron chi connectivity index (χ2n) is 3.82. The fraction of sp³-hybridized carbons (Fsp3) is 0.500. The van der Waals surface area contributed by atoms with Crippen molar-refractivity contribution in [2.45, 2.75) is 25.7 Å². The zero-order chi connectivity index (χ0) is 10.5. The number of ether oxygens (including phenoxy) is 1. The van der Waals surface area contributed by atoms with E-state index in [-0.39, 0.29) is 0 Å². The first-order valence-corrected chi connectivity index (χ1v) is 5.47. The molecular formula is C12H17NO2. The summed E-state index contributed by atoms with van der Waals surface area (Å²) in [5, 5.41) is 0. The third-order valence-corrected chi connectivity index (χ3v) is 2.81. The summed E-state index contributed by atoms with van der Waals surface area (Å²) < 4.78 is 5.64. The lowest BCUT2D eigenvalue weighted by molar-refractivity contribution is 0.101. The monoisotopic (exact) mass is 207 g/mol. The van der Waals surface area contributed by atoms with Crippen molar-refractivity contribution in [2.24, 2.45) is 5.90 Å². The van der Waals surface area contributed by atoms with Crippen LogP contribution in [0, 0.1) is 0 Å². The van der Waals surface area contributed by atoms with Crippen molar-refractivity contribution < 1.29 is 9.57 Å². The smallest absolute Gasteiger partial charge is 0.122 e. The van der Waals surface area contributed by atoms with Crippen LogP contribution in [0.15, 0.2) is 18.2 Å². The van der Waals surface area contributed by atoms with Gasteiger partial charge in [-0.05, 0) is 42.9 Å². The van der Waals surface area contributed by atoms with Crippen LogP contribution in [0.4, 0.5) is 0 Å². The summed E-state index contributed by atoms with van der Waals surface area (Å²) in [6.45, 7) is 0.955. The summed E-state index contributed by atoms with van der Waals surface area (Å²) in [6.07, 6.45) is 4.87. The van der Waals surface area contributed by atoms with E-state index >= 15 is 0 Å². The van der Waals surface area contributed by atoms with E-state index in [2.05, 4.69) is 17.0 Å². The van der Waals surface area contributed by atoms with Crippen LogP contribution in [0.2, 0.25) is 0 Å². The van der Waals surface area contributed by atoms with Crippen molar-refractivity contribution in [2.75, 3.05) is 13.2 Å². The molecule has 0 radical (unpaired) electrons. The third kappa shape index (κ3) is 2.49. The molecule has 0 amide bonds. The Morgan fingerprint density at radius 3 is 2.87 bits per heavy atom. The van der Waals surface area contributed by atoms with Crippen LogP contribution in [0.5, 0.6) is 5.75 Å². The maximum Gasteiger partial charge on any atom is 0.122 e. The van der Waals surface area contributed by atoms with Gasteiger partial charge in [0.15, 0.2) is 0 Å². The van der Waals surface area contributed by atoms with E-state index in [1.54, 1.807) is 0 Å². The molecule has 0 bridgehead atoms. The highest BCUT2D eigenvalue weighted by molar-refractivity contribution is 5.41. The van der Waals surface area contributed by atoms with Gasteiger partial charge in [-0.2, -0.15) is 0 Å². The van der Waals surface area contributed by atoms with Crippen molar-refractivity contribution in [3.63, 3.8) is 0 Å². The second-order valence-corrected chi connectivity index (χ2v) is 3.82. The van der Waals surface area contributed by atoms with Crippen molar-refractivity contribution >= 4 is 0 Å². The molecule has 1 aliphatic carbocycles. The first-order valence-electron chi connectivity index (χ1n) is 5.47. The molecule has 0 unspecified atom stereocenters. The minimum absolute atomic E-state index is 0.434. The number of rotatable bonds is 4. The van der Waals surface area contributed by atoms with Crippen molar-refractivity contribution in [3.8, 4) is 5.75 Å². The quantitative estimate of drug-likeness (QED) is 0.605. The molecule has 0 atom stereocenters. The first-order chi connectivity index (χ1) is 7.42. The fourth-order valence-electron chi connectivity index (χ4n) is 2.08. The Morgan fingerprint density at radius 1 is 1.13 bits per heavy atom. The van der Waals surface area contributed by atoms with Gasteiger partial charge in [-0.3, -0.25) is 0 Å². The lowest BCUT2D eigenvalue weighted by Crippen LogP contribution is -2.12. The van der Waals surface area contributed by atoms with Crippen LogP contribution in [0.3, 0.4) is 0 Å². The average Bonchev–Trinajstić information content (AvgIpc) is 2.30. The summed E-state index contributed by atoms with van der Waals surface area (Å²) in [4.78, 5) is 4.48. The van der Waals surface area contributed by atoms with E-state index in [4.69, 9.17) is 10.6 Å². The van der Waals surface area contributed by atoms with Gasteiger partial charge in [-0.1, -0.05) is 12.1 Å². The molecule has 0 fully saturated rings. The molecule has 0 saturated heterocycles. The van der Waals surface area contributed by atoms with Gasteiger partial charge in [0.25, 0.3) is 0 Å². The Balaban J connectivity index is 2.09. The number of hydrogen-bond donors (Lipinski definition) is 1. The lowest BCUT2D eigenvalue weighted by atomic mass is 9.91. The summed E-state index contributed by atoms with van der Waals surface area (Å²) in [5.41, 5.74) is 2.81. The van der Waals surface area contributed by atoms with Gasteiger partial charge in [0.2, 0.25) is 0 Å². The predicted molar refractivity (Wildman–Crippen MR) is 58.7 cm³/mol. The Labute approximate surface area is 90.1 Å². The minimum atomic E-state index is 0.434. The largest absolute Gasteiger partial charge is 0.491 e. The summed E-state index contributed by atoms with van der Waals surface area (Å²) >= 11 is 0. The van der Waals surface area contributed by atoms with E-state index in [1.807, 2.05) is 6.07 Å². The van der Waals surface area contributed by atoms with Crippen molar-refractivity contribution in [1.29, 1.82) is 0 Å². The standard InChI is InChI=1S/C12H17NO2/c13-15-9-8-14-12-7-3-5-10-4-1-2-6-11(10)12/h3,5,7H,1-2,4,6,8-9,13H2. The molecule has 3 nitrogen and oxygen atoms in total. The lowest BCUT2D eigenvalue weighted by Gasteiger charge is -2.19. The van der Waals surface area contributed by atoms with Crippen LogP contribution < -0.4 is 10.6 Å². The Bertz CT molecular complexity index is 325. The van der Waals surface area contributed by atoms with E-state index in [1.165, 1.54) is 30.4 Å². The highest BCUT2D eigenvalue weighted by Gasteiger charge is 2.13. The van der Waals surface area contributed by atoms with Gasteiger partial charge in [-0.25, -0.2) is 5.90 Å². The van der Waals surface area contributed by atoms with Gasteiger partial charge < -0.3 is 9.57 Å². The topological polar surface area (TPSA) is 44.5 Å². The molecule has 2 N–H and O–H groups in total. The summed E-state index contributed by atoms with van der Waals surface area (Å²) in [7, 11) is 0. The molecule has 15 heavy (non-hydrogen) atoms. The normalized spacial score (nSPS) is 14.7. The van der Waals surface area contributed by atoms with Crippen LogP contribution in [-0.2, 0) is 17.7 Å². The highest BCUT2D eigenvalue weighted by atomic mass is 16.6. The number of fused-ring (bicyclic) bond motifs is 1. The molecule has 2 rings (SSSR count). The fourth-order valence-corrected chi connectivity index (χ4v) is 2.08. The maximum atomic E-state index is 5.64. The number of hydrogen-bond acceptors (Lipinski definition) is 3. The Hall–Kier alpha value is -1.06. The van der Waals surface area contributed by atoms with Crippen LogP contribution >= 0.6 is 0 Å². The molecule has 1 aromatic rings. The number of benzene rings is 1. The van der Waals surface area contributed by atoms with E-state index in [9.17, 15) is 0 Å². The van der Waals surface area contributed by atoms with Gasteiger partial charge in [0.05, 0.1) is 0 Å². The van der Waals surface area contributed by atoms with Crippen molar-refractivity contribution in [3.05, 3.63) is 29.3 Å². The predicted octanol–water partition coefficient (Wildman–Crippen LogP) is 1.83. The second kappa shape index (κ2) is 5.14. The molecule has 0 saturated carbocycles. The van der Waals surface area contributed by atoms with Gasteiger partial charge in [0.1, 0.15) is 19.0 Å². The Morgan fingerprint density at radius 2 is 2.00 bits per heavy atom. The Kier molecular flexibility index (Phi) is 3.59. The molecule has 0 aromatic heterocycles. The average molecular weight is 207 g/mol. The molecule has 0 aliphatic heterocycles. The van der Waals surface area contributed by atoms with E-state index < -0.39 is 0 Å². The molecule has 82 valence electrons. The van der Waals surface area contributed by atoms with E-state index in [0.29, 0.717) is 13.2 Å². The molecule has 1 aliphatic rings. The van der Waals surface area contributed by atoms with Gasteiger partial charge in [0, 0.05) is 0 Å². The minimum Gasteiger partial charge on any atom is -0.491 e. The van der Waals surface area contributed by atoms with Crippen LogP contribution in [0.1, 0.15) is 24.0 Å². The molecule has 3 heteroatoms. The SMILES string of the molecule is NOCCOc1cccc2c1CCCC2. The molecule has 0 heterocycles. The number of nitrogens with two attached hydrogens (primary N) is 1. The summed E-state index contributed by atoms with van der Waals surface area (Å²) in [5.74, 6) is 5.95. The zero-order valence-corrected chi connectivity index (χ0v) is 8.87. The molecule has 1 aromatic carbocycles. The highest BCUT2D eigenvalue weighted by Crippen LogP contribution is 2.29. The summed E-state index contributed by atoms with van der Waals surface area (Å²) in [6, 6.07) is 6.28. The molecular weight excluding hydrogens is 190 g/mol. The molecule has 0 spiro atoms. The van der Waals surface area contributed by atoms with Gasteiger partial charge >= 0.3 is 0 Å². The number of aryl methyl sites for hydroxylation is 1. The van der Waals surface area contributed by atoms with Gasteiger partial charge in [-0.15, -0.1) is 0 Å². The first kappa shape index (κ1) is 10.5. The maximum absolute atomic E-state index is 5.64. The van der Waals surface area contributed by atoms with Crippen LogP contribution in [-0.4, -0.2) is 13.2 Å². The van der Waals surface area contributed by atoms with Crippen molar-refractivity contribution in [1.82, 2.24) is 0 Å². The zero-order valence-electron chi connectivity index (χ0n) is 8.87. The third-order valence-electron chi connectivity index (χ3n) is 2.81.